The Kier molecular flexibility index (Phi) is 3.81. The van der Waals surface area contributed by atoms with Gasteiger partial charge in [-0.1, -0.05) is 28.1 Å². The van der Waals surface area contributed by atoms with E-state index in [1.807, 2.05) is 24.3 Å². The van der Waals surface area contributed by atoms with Crippen molar-refractivity contribution in [3.63, 3.8) is 0 Å². The van der Waals surface area contributed by atoms with Crippen molar-refractivity contribution in [3.8, 4) is 16.9 Å². The van der Waals surface area contributed by atoms with Gasteiger partial charge in [0.1, 0.15) is 11.3 Å². The number of hydrogen-bond acceptors (Lipinski definition) is 4. The minimum atomic E-state index is -0.439. The summed E-state index contributed by atoms with van der Waals surface area (Å²) in [6.45, 7) is 1.32. The smallest absolute Gasteiger partial charge is 0.344 e. The van der Waals surface area contributed by atoms with Crippen LogP contribution in [-0.4, -0.2) is 5.97 Å². The highest BCUT2D eigenvalue weighted by molar-refractivity contribution is 9.10. The van der Waals surface area contributed by atoms with E-state index in [4.69, 9.17) is 9.15 Å². The molecule has 2 aromatic carbocycles. The predicted octanol–water partition coefficient (Wildman–Crippen LogP) is 4.15. The molecule has 0 saturated heterocycles. The van der Waals surface area contributed by atoms with Gasteiger partial charge >= 0.3 is 11.6 Å². The molecule has 0 radical (unpaired) electrons. The molecule has 0 aliphatic rings. The fraction of sp³-hybridized carbons (Fsp3) is 0.0588. The summed E-state index contributed by atoms with van der Waals surface area (Å²) in [5.74, 6) is -0.0780. The second-order valence-corrected chi connectivity index (χ2v) is 5.67. The van der Waals surface area contributed by atoms with Crippen LogP contribution in [0.25, 0.3) is 22.1 Å². The van der Waals surface area contributed by atoms with Gasteiger partial charge in [0, 0.05) is 22.8 Å². The van der Waals surface area contributed by atoms with Crippen molar-refractivity contribution < 1.29 is 13.9 Å². The Labute approximate surface area is 134 Å². The molecule has 0 unspecified atom stereocenters. The van der Waals surface area contributed by atoms with Crippen LogP contribution in [0.2, 0.25) is 0 Å². The lowest BCUT2D eigenvalue weighted by Gasteiger charge is -2.05. The van der Waals surface area contributed by atoms with Gasteiger partial charge in [-0.2, -0.15) is 0 Å². The topological polar surface area (TPSA) is 56.5 Å². The van der Waals surface area contributed by atoms with Crippen molar-refractivity contribution in [1.82, 2.24) is 0 Å². The lowest BCUT2D eigenvalue weighted by molar-refractivity contribution is -0.131. The van der Waals surface area contributed by atoms with E-state index in [0.717, 1.165) is 15.4 Å². The van der Waals surface area contributed by atoms with Crippen LogP contribution in [0.5, 0.6) is 5.75 Å². The standard InChI is InChI=1S/C17H11BrO4/c1-10(19)21-14-6-5-12-8-15(17(20)22-16(12)9-14)11-3-2-4-13(18)7-11/h2-9H,1H3. The van der Waals surface area contributed by atoms with Crippen molar-refractivity contribution in [3.05, 3.63) is 63.4 Å². The van der Waals surface area contributed by atoms with Gasteiger partial charge in [0.15, 0.2) is 0 Å². The lowest BCUT2D eigenvalue weighted by atomic mass is 10.1. The maximum Gasteiger partial charge on any atom is 0.344 e. The fourth-order valence-corrected chi connectivity index (χ4v) is 2.58. The van der Waals surface area contributed by atoms with Gasteiger partial charge < -0.3 is 9.15 Å². The Balaban J connectivity index is 2.13. The number of esters is 1. The Morgan fingerprint density at radius 1 is 1.14 bits per heavy atom. The monoisotopic (exact) mass is 358 g/mol. The van der Waals surface area contributed by atoms with Gasteiger partial charge in [-0.3, -0.25) is 4.79 Å². The molecule has 0 spiro atoms. The van der Waals surface area contributed by atoms with Gasteiger partial charge in [0.2, 0.25) is 0 Å². The zero-order chi connectivity index (χ0) is 15.7. The third kappa shape index (κ3) is 2.94. The van der Waals surface area contributed by atoms with Crippen LogP contribution in [-0.2, 0) is 4.79 Å². The SMILES string of the molecule is CC(=O)Oc1ccc2cc(-c3cccc(Br)c3)c(=O)oc2c1. The lowest BCUT2D eigenvalue weighted by Crippen LogP contribution is -2.04. The van der Waals surface area contributed by atoms with Crippen molar-refractivity contribution in [2.45, 2.75) is 6.92 Å². The minimum absolute atomic E-state index is 0.346. The second-order valence-electron chi connectivity index (χ2n) is 4.75. The molecule has 4 nitrogen and oxygen atoms in total. The first-order valence-electron chi connectivity index (χ1n) is 6.55. The molecule has 0 fully saturated rings. The van der Waals surface area contributed by atoms with E-state index in [9.17, 15) is 9.59 Å². The van der Waals surface area contributed by atoms with E-state index in [-0.39, 0.29) is 0 Å². The third-order valence-electron chi connectivity index (χ3n) is 3.10. The van der Waals surface area contributed by atoms with Crippen LogP contribution < -0.4 is 10.4 Å². The van der Waals surface area contributed by atoms with E-state index < -0.39 is 11.6 Å². The molecule has 22 heavy (non-hydrogen) atoms. The van der Waals surface area contributed by atoms with Gasteiger partial charge in [-0.25, -0.2) is 4.79 Å². The van der Waals surface area contributed by atoms with Crippen molar-refractivity contribution in [2.24, 2.45) is 0 Å². The van der Waals surface area contributed by atoms with E-state index in [0.29, 0.717) is 16.9 Å². The van der Waals surface area contributed by atoms with Crippen molar-refractivity contribution in [2.75, 3.05) is 0 Å². The van der Waals surface area contributed by atoms with Gasteiger partial charge in [0.25, 0.3) is 0 Å². The van der Waals surface area contributed by atoms with E-state index in [2.05, 4.69) is 15.9 Å². The number of fused-ring (bicyclic) bond motifs is 1. The first-order chi connectivity index (χ1) is 10.5. The third-order valence-corrected chi connectivity index (χ3v) is 3.60. The van der Waals surface area contributed by atoms with Crippen LogP contribution >= 0.6 is 15.9 Å². The highest BCUT2D eigenvalue weighted by Gasteiger charge is 2.09. The second kappa shape index (κ2) is 5.77. The molecule has 0 atom stereocenters. The summed E-state index contributed by atoms with van der Waals surface area (Å²) < 4.78 is 11.2. The largest absolute Gasteiger partial charge is 0.427 e. The van der Waals surface area contributed by atoms with Crippen LogP contribution in [0.4, 0.5) is 0 Å². The first-order valence-corrected chi connectivity index (χ1v) is 7.34. The Hall–Kier alpha value is -2.40. The molecule has 0 N–H and O–H groups in total. The Morgan fingerprint density at radius 2 is 1.95 bits per heavy atom. The summed E-state index contributed by atoms with van der Waals surface area (Å²) in [5, 5.41) is 0.755. The molecule has 0 amide bonds. The van der Waals surface area contributed by atoms with Gasteiger partial charge in [-0.05, 0) is 35.9 Å². The summed E-state index contributed by atoms with van der Waals surface area (Å²) in [5.41, 5.74) is 1.19. The summed E-state index contributed by atoms with van der Waals surface area (Å²) in [6.07, 6.45) is 0. The number of carbonyl (C=O) groups excluding carboxylic acids is 1. The number of ether oxygens (including phenoxy) is 1. The number of carbonyl (C=O) groups is 1. The number of halogens is 1. The average molecular weight is 359 g/mol. The number of rotatable bonds is 2. The predicted molar refractivity (Wildman–Crippen MR) is 86.9 cm³/mol. The summed E-state index contributed by atoms with van der Waals surface area (Å²) >= 11 is 3.39. The molecule has 3 aromatic rings. The molecule has 3 rings (SSSR count). The number of benzene rings is 2. The minimum Gasteiger partial charge on any atom is -0.427 e. The van der Waals surface area contributed by atoms with Gasteiger partial charge in [-0.15, -0.1) is 0 Å². The highest BCUT2D eigenvalue weighted by Crippen LogP contribution is 2.26. The van der Waals surface area contributed by atoms with Crippen LogP contribution in [0.15, 0.2) is 62.2 Å². The summed E-state index contributed by atoms with van der Waals surface area (Å²) in [4.78, 5) is 23.2. The van der Waals surface area contributed by atoms with Crippen molar-refractivity contribution >= 4 is 32.9 Å². The van der Waals surface area contributed by atoms with E-state index in [1.165, 1.54) is 13.0 Å². The molecule has 0 bridgehead atoms. The molecule has 5 heteroatoms. The maximum atomic E-state index is 12.2. The Bertz CT molecular complexity index is 927. The van der Waals surface area contributed by atoms with Crippen LogP contribution in [0, 0.1) is 0 Å². The summed E-state index contributed by atoms with van der Waals surface area (Å²) in [7, 11) is 0. The number of hydrogen-bond donors (Lipinski definition) is 0. The zero-order valence-electron chi connectivity index (χ0n) is 11.6. The molecule has 0 saturated carbocycles. The molecule has 0 aliphatic heterocycles. The van der Waals surface area contributed by atoms with Gasteiger partial charge in [0.05, 0.1) is 5.56 Å². The molecular weight excluding hydrogens is 348 g/mol. The van der Waals surface area contributed by atoms with Crippen LogP contribution in [0.3, 0.4) is 0 Å². The maximum absolute atomic E-state index is 12.2. The van der Waals surface area contributed by atoms with E-state index >= 15 is 0 Å². The molecule has 110 valence electrons. The van der Waals surface area contributed by atoms with E-state index in [1.54, 1.807) is 18.2 Å². The fourth-order valence-electron chi connectivity index (χ4n) is 2.18. The molecule has 1 heterocycles. The van der Waals surface area contributed by atoms with Crippen LogP contribution in [0.1, 0.15) is 6.92 Å². The average Bonchev–Trinajstić information content (AvgIpc) is 2.45. The van der Waals surface area contributed by atoms with Crippen molar-refractivity contribution in [1.29, 1.82) is 0 Å². The zero-order valence-corrected chi connectivity index (χ0v) is 13.2. The molecular formula is C17H11BrO4. The first kappa shape index (κ1) is 14.5. The molecule has 0 aliphatic carbocycles. The Morgan fingerprint density at radius 3 is 2.68 bits per heavy atom. The highest BCUT2D eigenvalue weighted by atomic mass is 79.9. The quantitative estimate of drug-likeness (QED) is 0.392. The molecule has 1 aromatic heterocycles. The summed E-state index contributed by atoms with van der Waals surface area (Å²) in [6, 6.07) is 14.1. The normalized spacial score (nSPS) is 10.6.